The first-order valence-corrected chi connectivity index (χ1v) is 11.7. The lowest BCUT2D eigenvalue weighted by Crippen LogP contribution is -2.40. The molecule has 1 aromatic carbocycles. The molecule has 0 fully saturated rings. The molecule has 1 aliphatic carbocycles. The van der Waals surface area contributed by atoms with Crippen LogP contribution in [0.3, 0.4) is 0 Å². The monoisotopic (exact) mass is 408 g/mol. The Bertz CT molecular complexity index is 886. The van der Waals surface area contributed by atoms with E-state index in [2.05, 4.69) is 31.3 Å². The van der Waals surface area contributed by atoms with E-state index in [-0.39, 0.29) is 17.5 Å². The van der Waals surface area contributed by atoms with Crippen LogP contribution in [0, 0.1) is 0 Å². The number of aryl methyl sites for hydroxylation is 1. The highest BCUT2D eigenvalue weighted by atomic mass is 16.2. The maximum Gasteiger partial charge on any atom is 0.263 e. The van der Waals surface area contributed by atoms with Gasteiger partial charge in [-0.2, -0.15) is 0 Å². The van der Waals surface area contributed by atoms with Crippen LogP contribution in [0.25, 0.3) is 0 Å². The number of hydrogen-bond donors (Lipinski definition) is 1. The summed E-state index contributed by atoms with van der Waals surface area (Å²) in [6.07, 6.45) is 10.2. The van der Waals surface area contributed by atoms with Crippen LogP contribution >= 0.6 is 0 Å². The number of pyridine rings is 1. The number of hydrogen-bond acceptors (Lipinski definition) is 2. The lowest BCUT2D eigenvalue weighted by Gasteiger charge is -2.22. The minimum Gasteiger partial charge on any atom is -0.349 e. The zero-order valence-corrected chi connectivity index (χ0v) is 18.6. The lowest BCUT2D eigenvalue weighted by atomic mass is 9.95. The lowest BCUT2D eigenvalue weighted by molar-refractivity contribution is 0.0933. The molecule has 162 valence electrons. The molecule has 0 saturated carbocycles. The van der Waals surface area contributed by atoms with Crippen LogP contribution in [-0.2, 0) is 25.8 Å². The minimum absolute atomic E-state index is 0.0189. The van der Waals surface area contributed by atoms with Gasteiger partial charge in [0.15, 0.2) is 0 Å². The van der Waals surface area contributed by atoms with Gasteiger partial charge in [-0.15, -0.1) is 0 Å². The van der Waals surface area contributed by atoms with E-state index < -0.39 is 0 Å². The van der Waals surface area contributed by atoms with Crippen molar-refractivity contribution in [1.82, 2.24) is 9.88 Å². The van der Waals surface area contributed by atoms with Crippen molar-refractivity contribution >= 4 is 5.91 Å². The van der Waals surface area contributed by atoms with E-state index in [9.17, 15) is 9.59 Å². The summed E-state index contributed by atoms with van der Waals surface area (Å²) < 4.78 is 1.91. The maximum atomic E-state index is 13.3. The second-order valence-corrected chi connectivity index (χ2v) is 8.52. The number of carbonyl (C=O) groups is 1. The van der Waals surface area contributed by atoms with Gasteiger partial charge in [0, 0.05) is 18.3 Å². The predicted molar refractivity (Wildman–Crippen MR) is 123 cm³/mol. The zero-order valence-electron chi connectivity index (χ0n) is 18.6. The number of benzene rings is 1. The molecule has 1 amide bonds. The van der Waals surface area contributed by atoms with Gasteiger partial charge in [-0.1, -0.05) is 63.4 Å². The van der Waals surface area contributed by atoms with Crippen LogP contribution in [0.15, 0.2) is 41.2 Å². The van der Waals surface area contributed by atoms with E-state index in [4.69, 9.17) is 0 Å². The van der Waals surface area contributed by atoms with Gasteiger partial charge in [-0.05, 0) is 62.1 Å². The molecule has 4 heteroatoms. The number of fused-ring (bicyclic) bond motifs is 1. The molecule has 1 atom stereocenters. The van der Waals surface area contributed by atoms with Crippen LogP contribution in [0.1, 0.15) is 86.0 Å². The summed E-state index contributed by atoms with van der Waals surface area (Å²) >= 11 is 0. The van der Waals surface area contributed by atoms with Gasteiger partial charge < -0.3 is 9.88 Å². The third-order valence-corrected chi connectivity index (χ3v) is 6.23. The normalized spacial score (nSPS) is 15.0. The van der Waals surface area contributed by atoms with Crippen molar-refractivity contribution in [2.45, 2.75) is 90.6 Å². The Morgan fingerprint density at radius 3 is 2.50 bits per heavy atom. The van der Waals surface area contributed by atoms with E-state index in [1.165, 1.54) is 29.7 Å². The van der Waals surface area contributed by atoms with Gasteiger partial charge in [0.1, 0.15) is 5.56 Å². The summed E-state index contributed by atoms with van der Waals surface area (Å²) in [5.74, 6) is -0.224. The molecule has 2 aromatic rings. The van der Waals surface area contributed by atoms with Gasteiger partial charge >= 0.3 is 0 Å². The van der Waals surface area contributed by atoms with Gasteiger partial charge in [0.05, 0.1) is 0 Å². The Morgan fingerprint density at radius 1 is 1.07 bits per heavy atom. The van der Waals surface area contributed by atoms with Crippen molar-refractivity contribution in [1.29, 1.82) is 0 Å². The highest BCUT2D eigenvalue weighted by Crippen LogP contribution is 2.21. The number of nitrogens with zero attached hydrogens (tertiary/aromatic N) is 1. The standard InChI is InChI=1S/C26H36N2O2/c1-3-5-17-28-24-16-12-7-6-11-15-21(24)19-23(26(28)30)25(29)27-22(4-2)18-20-13-9-8-10-14-20/h8-10,13-14,19,22H,3-7,11-12,15-18H2,1-2H3,(H,27,29)/t22-/m0/s1. The Balaban J connectivity index is 1.88. The van der Waals surface area contributed by atoms with Crippen molar-refractivity contribution in [3.63, 3.8) is 0 Å². The second-order valence-electron chi connectivity index (χ2n) is 8.52. The number of nitrogens with one attached hydrogen (secondary N) is 1. The quantitative estimate of drug-likeness (QED) is 0.664. The Hall–Kier alpha value is -2.36. The van der Waals surface area contributed by atoms with E-state index in [0.29, 0.717) is 12.1 Å². The molecule has 0 radical (unpaired) electrons. The minimum atomic E-state index is -0.224. The molecule has 1 N–H and O–H groups in total. The molecular weight excluding hydrogens is 372 g/mol. The fourth-order valence-electron chi connectivity index (χ4n) is 4.41. The van der Waals surface area contributed by atoms with Crippen molar-refractivity contribution < 1.29 is 4.79 Å². The van der Waals surface area contributed by atoms with Crippen LogP contribution in [0.2, 0.25) is 0 Å². The molecule has 0 saturated heterocycles. The van der Waals surface area contributed by atoms with E-state index >= 15 is 0 Å². The van der Waals surface area contributed by atoms with Gasteiger partial charge in [-0.25, -0.2) is 0 Å². The maximum absolute atomic E-state index is 13.3. The average Bonchev–Trinajstić information content (AvgIpc) is 2.74. The highest BCUT2D eigenvalue weighted by Gasteiger charge is 2.21. The Labute approximate surface area is 180 Å². The molecule has 0 bridgehead atoms. The Kier molecular flexibility index (Phi) is 8.30. The van der Waals surface area contributed by atoms with Crippen LogP contribution in [-0.4, -0.2) is 16.5 Å². The largest absolute Gasteiger partial charge is 0.349 e. The highest BCUT2D eigenvalue weighted by molar-refractivity contribution is 5.94. The molecule has 0 spiro atoms. The van der Waals surface area contributed by atoms with Crippen LogP contribution in [0.4, 0.5) is 0 Å². The molecule has 3 rings (SSSR count). The Morgan fingerprint density at radius 2 is 1.80 bits per heavy atom. The molecule has 30 heavy (non-hydrogen) atoms. The number of unbranched alkanes of at least 4 members (excludes halogenated alkanes) is 1. The topological polar surface area (TPSA) is 51.1 Å². The zero-order chi connectivity index (χ0) is 21.3. The molecule has 4 nitrogen and oxygen atoms in total. The summed E-state index contributed by atoms with van der Waals surface area (Å²) in [6.45, 7) is 4.93. The first kappa shape index (κ1) is 22.3. The van der Waals surface area contributed by atoms with Gasteiger partial charge in [-0.3, -0.25) is 9.59 Å². The molecule has 1 aromatic heterocycles. The van der Waals surface area contributed by atoms with E-state index in [0.717, 1.165) is 51.4 Å². The molecule has 1 aliphatic rings. The van der Waals surface area contributed by atoms with Crippen molar-refractivity contribution in [3.8, 4) is 0 Å². The van der Waals surface area contributed by atoms with Crippen molar-refractivity contribution in [2.75, 3.05) is 0 Å². The molecule has 0 aliphatic heterocycles. The molecule has 0 unspecified atom stereocenters. The SMILES string of the molecule is CCCCn1c2c(cc(C(=O)N[C@@H](CC)Cc3ccccc3)c1=O)CCCCCC2. The first-order valence-electron chi connectivity index (χ1n) is 11.7. The second kappa shape index (κ2) is 11.1. The fraction of sp³-hybridized carbons (Fsp3) is 0.538. The number of amides is 1. The van der Waals surface area contributed by atoms with Crippen molar-refractivity contribution in [2.24, 2.45) is 0 Å². The average molecular weight is 409 g/mol. The van der Waals surface area contributed by atoms with E-state index in [1.54, 1.807) is 0 Å². The summed E-state index contributed by atoms with van der Waals surface area (Å²) in [5, 5.41) is 3.14. The first-order chi connectivity index (χ1) is 14.6. The summed E-state index contributed by atoms with van der Waals surface area (Å²) in [6, 6.07) is 12.1. The fourth-order valence-corrected chi connectivity index (χ4v) is 4.41. The van der Waals surface area contributed by atoms with Crippen LogP contribution in [0.5, 0.6) is 0 Å². The third kappa shape index (κ3) is 5.62. The molecular formula is C26H36N2O2. The van der Waals surface area contributed by atoms with Gasteiger partial charge in [0.2, 0.25) is 0 Å². The number of rotatable bonds is 8. The van der Waals surface area contributed by atoms with E-state index in [1.807, 2.05) is 28.8 Å². The summed E-state index contributed by atoms with van der Waals surface area (Å²) in [4.78, 5) is 26.5. The van der Waals surface area contributed by atoms with Crippen molar-refractivity contribution in [3.05, 3.63) is 69.1 Å². The smallest absolute Gasteiger partial charge is 0.263 e. The number of aromatic nitrogens is 1. The van der Waals surface area contributed by atoms with Gasteiger partial charge in [0.25, 0.3) is 11.5 Å². The third-order valence-electron chi connectivity index (χ3n) is 6.23. The number of carbonyl (C=O) groups excluding carboxylic acids is 1. The molecule has 1 heterocycles. The summed E-state index contributed by atoms with van der Waals surface area (Å²) in [5.41, 5.74) is 3.77. The van der Waals surface area contributed by atoms with Crippen LogP contribution < -0.4 is 10.9 Å². The predicted octanol–water partition coefficient (Wildman–Crippen LogP) is 5.06. The summed E-state index contributed by atoms with van der Waals surface area (Å²) in [7, 11) is 0.